The van der Waals surface area contributed by atoms with E-state index in [1.54, 1.807) is 16.7 Å². The molecular weight excluding hydrogens is 228 g/mol. The van der Waals surface area contributed by atoms with Crippen molar-refractivity contribution in [1.29, 1.82) is 0 Å². The van der Waals surface area contributed by atoms with Crippen molar-refractivity contribution in [3.63, 3.8) is 0 Å². The number of hydrogen-bond donors (Lipinski definition) is 2. The number of rotatable bonds is 2. The summed E-state index contributed by atoms with van der Waals surface area (Å²) in [6.07, 6.45) is 2.92. The maximum Gasteiger partial charge on any atom is 0.262 e. The van der Waals surface area contributed by atoms with Gasteiger partial charge in [-0.25, -0.2) is 0 Å². The van der Waals surface area contributed by atoms with Crippen molar-refractivity contribution in [2.75, 3.05) is 13.1 Å². The monoisotopic (exact) mass is 244 g/mol. The van der Waals surface area contributed by atoms with E-state index in [-0.39, 0.29) is 11.3 Å². The van der Waals surface area contributed by atoms with Gasteiger partial charge in [-0.05, 0) is 42.9 Å². The van der Waals surface area contributed by atoms with Crippen molar-refractivity contribution in [2.45, 2.75) is 13.0 Å². The highest BCUT2D eigenvalue weighted by molar-refractivity contribution is 5.86. The fourth-order valence-corrected chi connectivity index (χ4v) is 2.60. The highest BCUT2D eigenvalue weighted by Gasteiger charge is 2.16. The van der Waals surface area contributed by atoms with E-state index in [1.807, 2.05) is 18.3 Å². The van der Waals surface area contributed by atoms with Crippen LogP contribution in [-0.2, 0) is 6.54 Å². The van der Waals surface area contributed by atoms with E-state index in [1.165, 1.54) is 0 Å². The van der Waals surface area contributed by atoms with Crippen LogP contribution in [0.3, 0.4) is 0 Å². The van der Waals surface area contributed by atoms with Crippen molar-refractivity contribution in [1.82, 2.24) is 9.88 Å². The molecule has 2 aromatic rings. The number of fused-ring (bicyclic) bond motifs is 1. The zero-order chi connectivity index (χ0) is 12.5. The van der Waals surface area contributed by atoms with Crippen LogP contribution >= 0.6 is 0 Å². The molecule has 1 aliphatic rings. The van der Waals surface area contributed by atoms with Crippen molar-refractivity contribution in [2.24, 2.45) is 5.92 Å². The van der Waals surface area contributed by atoms with Gasteiger partial charge in [-0.1, -0.05) is 12.1 Å². The summed E-state index contributed by atoms with van der Waals surface area (Å²) in [4.78, 5) is 12.3. The summed E-state index contributed by atoms with van der Waals surface area (Å²) >= 11 is 0. The third-order valence-corrected chi connectivity index (χ3v) is 3.60. The Balaban J connectivity index is 2.05. The Hall–Kier alpha value is -1.81. The van der Waals surface area contributed by atoms with Gasteiger partial charge in [-0.3, -0.25) is 4.79 Å². The first-order valence-corrected chi connectivity index (χ1v) is 6.27. The van der Waals surface area contributed by atoms with Gasteiger partial charge in [-0.15, -0.1) is 0 Å². The molecule has 94 valence electrons. The summed E-state index contributed by atoms with van der Waals surface area (Å²) < 4.78 is 1.71. The van der Waals surface area contributed by atoms with E-state index >= 15 is 0 Å². The van der Waals surface area contributed by atoms with Crippen LogP contribution in [0.2, 0.25) is 0 Å². The van der Waals surface area contributed by atoms with Gasteiger partial charge < -0.3 is 15.0 Å². The van der Waals surface area contributed by atoms with E-state index in [0.717, 1.165) is 31.4 Å². The molecule has 2 heterocycles. The number of aromatic nitrogens is 1. The SMILES string of the molecule is O=c1c2c(O)cccc2ccn1CC1CCNC1. The minimum atomic E-state index is -0.0995. The van der Waals surface area contributed by atoms with Crippen molar-refractivity contribution in [3.05, 3.63) is 40.8 Å². The lowest BCUT2D eigenvalue weighted by Gasteiger charge is -2.12. The second kappa shape index (κ2) is 4.46. The van der Waals surface area contributed by atoms with Gasteiger partial charge >= 0.3 is 0 Å². The Morgan fingerprint density at radius 1 is 1.39 bits per heavy atom. The molecule has 1 aromatic heterocycles. The zero-order valence-electron chi connectivity index (χ0n) is 10.1. The predicted molar refractivity (Wildman–Crippen MR) is 70.8 cm³/mol. The van der Waals surface area contributed by atoms with Crippen LogP contribution in [0, 0.1) is 5.92 Å². The van der Waals surface area contributed by atoms with Crippen LogP contribution in [0.4, 0.5) is 0 Å². The van der Waals surface area contributed by atoms with Crippen LogP contribution < -0.4 is 10.9 Å². The smallest absolute Gasteiger partial charge is 0.262 e. The second-order valence-electron chi connectivity index (χ2n) is 4.87. The predicted octanol–water partition coefficient (Wildman–Crippen LogP) is 1.32. The highest BCUT2D eigenvalue weighted by Crippen LogP contribution is 2.20. The molecule has 1 saturated heterocycles. The van der Waals surface area contributed by atoms with E-state index < -0.39 is 0 Å². The van der Waals surface area contributed by atoms with Crippen molar-refractivity contribution >= 4 is 10.8 Å². The fraction of sp³-hybridized carbons (Fsp3) is 0.357. The average molecular weight is 244 g/mol. The van der Waals surface area contributed by atoms with Gasteiger partial charge in [0.05, 0.1) is 5.39 Å². The van der Waals surface area contributed by atoms with E-state index in [4.69, 9.17) is 0 Å². The first-order valence-electron chi connectivity index (χ1n) is 6.27. The van der Waals surface area contributed by atoms with Gasteiger partial charge in [0, 0.05) is 12.7 Å². The number of nitrogens with zero attached hydrogens (tertiary/aromatic N) is 1. The molecule has 4 heteroatoms. The van der Waals surface area contributed by atoms with E-state index in [2.05, 4.69) is 5.32 Å². The minimum Gasteiger partial charge on any atom is -0.507 e. The molecule has 0 aliphatic carbocycles. The molecular formula is C14H16N2O2. The number of nitrogens with one attached hydrogen (secondary N) is 1. The van der Waals surface area contributed by atoms with E-state index in [9.17, 15) is 9.90 Å². The van der Waals surface area contributed by atoms with Gasteiger partial charge in [0.25, 0.3) is 5.56 Å². The number of phenols is 1. The van der Waals surface area contributed by atoms with Crippen molar-refractivity contribution < 1.29 is 5.11 Å². The summed E-state index contributed by atoms with van der Waals surface area (Å²) in [6.45, 7) is 2.71. The molecule has 0 amide bonds. The molecule has 1 atom stereocenters. The quantitative estimate of drug-likeness (QED) is 0.837. The molecule has 0 radical (unpaired) electrons. The number of pyridine rings is 1. The molecule has 0 bridgehead atoms. The van der Waals surface area contributed by atoms with Crippen LogP contribution in [0.1, 0.15) is 6.42 Å². The second-order valence-corrected chi connectivity index (χ2v) is 4.87. The normalized spacial score (nSPS) is 19.4. The topological polar surface area (TPSA) is 54.3 Å². The molecule has 1 aliphatic heterocycles. The fourth-order valence-electron chi connectivity index (χ4n) is 2.60. The molecule has 1 aromatic carbocycles. The van der Waals surface area contributed by atoms with Crippen LogP contribution in [0.5, 0.6) is 5.75 Å². The summed E-state index contributed by atoms with van der Waals surface area (Å²) in [6, 6.07) is 7.05. The third-order valence-electron chi connectivity index (χ3n) is 3.60. The van der Waals surface area contributed by atoms with Gasteiger partial charge in [-0.2, -0.15) is 0 Å². The zero-order valence-corrected chi connectivity index (χ0v) is 10.1. The lowest BCUT2D eigenvalue weighted by Crippen LogP contribution is -2.24. The van der Waals surface area contributed by atoms with Crippen molar-refractivity contribution in [3.8, 4) is 5.75 Å². The van der Waals surface area contributed by atoms with Gasteiger partial charge in [0.15, 0.2) is 0 Å². The Labute approximate surface area is 105 Å². The van der Waals surface area contributed by atoms with Crippen LogP contribution in [-0.4, -0.2) is 22.8 Å². The average Bonchev–Trinajstić information content (AvgIpc) is 2.86. The van der Waals surface area contributed by atoms with Gasteiger partial charge in [0.1, 0.15) is 5.75 Å². The number of benzene rings is 1. The summed E-state index contributed by atoms with van der Waals surface area (Å²) in [5.41, 5.74) is -0.0995. The molecule has 1 fully saturated rings. The van der Waals surface area contributed by atoms with Crippen LogP contribution in [0.15, 0.2) is 35.3 Å². The number of aromatic hydroxyl groups is 1. The Bertz CT molecular complexity index is 627. The standard InChI is InChI=1S/C14H16N2O2/c17-12-3-1-2-11-5-7-16(14(18)13(11)12)9-10-4-6-15-8-10/h1-3,5,7,10,15,17H,4,6,8-9H2. The Morgan fingerprint density at radius 3 is 3.06 bits per heavy atom. The molecule has 0 saturated carbocycles. The minimum absolute atomic E-state index is 0.0661. The van der Waals surface area contributed by atoms with E-state index in [0.29, 0.717) is 11.3 Å². The first-order chi connectivity index (χ1) is 8.75. The summed E-state index contributed by atoms with van der Waals surface area (Å²) in [7, 11) is 0. The molecule has 18 heavy (non-hydrogen) atoms. The first kappa shape index (κ1) is 11.3. The largest absolute Gasteiger partial charge is 0.507 e. The van der Waals surface area contributed by atoms with Gasteiger partial charge in [0.2, 0.25) is 0 Å². The van der Waals surface area contributed by atoms with Crippen LogP contribution in [0.25, 0.3) is 10.8 Å². The maximum atomic E-state index is 12.3. The highest BCUT2D eigenvalue weighted by atomic mass is 16.3. The molecule has 0 spiro atoms. The number of hydrogen-bond acceptors (Lipinski definition) is 3. The molecule has 2 N–H and O–H groups in total. The Morgan fingerprint density at radius 2 is 2.28 bits per heavy atom. The molecule has 3 rings (SSSR count). The lowest BCUT2D eigenvalue weighted by molar-refractivity contribution is 0.467. The Kier molecular flexibility index (Phi) is 2.80. The maximum absolute atomic E-state index is 12.3. The lowest BCUT2D eigenvalue weighted by atomic mass is 10.1. The summed E-state index contributed by atoms with van der Waals surface area (Å²) in [5, 5.41) is 14.3. The third kappa shape index (κ3) is 1.88. The molecule has 4 nitrogen and oxygen atoms in total. The molecule has 1 unspecified atom stereocenters. The number of phenolic OH excluding ortho intramolecular Hbond substituents is 1. The summed E-state index contributed by atoms with van der Waals surface area (Å²) in [5.74, 6) is 0.572.